The lowest BCUT2D eigenvalue weighted by atomic mass is 10.1. The Kier molecular flexibility index (Phi) is 3.57. The van der Waals surface area contributed by atoms with Crippen molar-refractivity contribution in [1.82, 2.24) is 0 Å². The lowest BCUT2D eigenvalue weighted by molar-refractivity contribution is -0.387. The minimum Gasteiger partial charge on any atom is -0.493 e. The van der Waals surface area contributed by atoms with E-state index in [9.17, 15) is 25.0 Å². The van der Waals surface area contributed by atoms with E-state index < -0.39 is 21.0 Å². The summed E-state index contributed by atoms with van der Waals surface area (Å²) in [5.41, 5.74) is -2.06. The molecule has 0 unspecified atom stereocenters. The molecule has 0 aliphatic carbocycles. The van der Waals surface area contributed by atoms with Gasteiger partial charge in [0.25, 0.3) is 11.1 Å². The van der Waals surface area contributed by atoms with Crippen molar-refractivity contribution >= 4 is 22.3 Å². The van der Waals surface area contributed by atoms with Gasteiger partial charge in [0.1, 0.15) is 16.7 Å². The van der Waals surface area contributed by atoms with Crippen LogP contribution >= 0.6 is 0 Å². The summed E-state index contributed by atoms with van der Waals surface area (Å²) in [5.74, 6) is -0.334. The highest BCUT2D eigenvalue weighted by Crippen LogP contribution is 2.31. The molecule has 0 atom stereocenters. The zero-order valence-electron chi connectivity index (χ0n) is 11.1. The van der Waals surface area contributed by atoms with Crippen LogP contribution in [-0.2, 0) is 0 Å². The topological polar surface area (TPSA) is 126 Å². The summed E-state index contributed by atoms with van der Waals surface area (Å²) in [6.07, 6.45) is 0. The molecule has 110 valence electrons. The van der Waals surface area contributed by atoms with Crippen molar-refractivity contribution in [3.05, 3.63) is 48.3 Å². The molecule has 9 nitrogen and oxygen atoms in total. The van der Waals surface area contributed by atoms with Crippen LogP contribution in [0.5, 0.6) is 5.75 Å². The number of aryl methyl sites for hydroxylation is 1. The van der Waals surface area contributed by atoms with Crippen LogP contribution in [0.15, 0.2) is 21.3 Å². The van der Waals surface area contributed by atoms with Gasteiger partial charge in [-0.2, -0.15) is 0 Å². The highest BCUT2D eigenvalue weighted by atomic mass is 16.6. The molecule has 0 saturated heterocycles. The van der Waals surface area contributed by atoms with E-state index in [1.807, 2.05) is 0 Å². The van der Waals surface area contributed by atoms with Crippen LogP contribution in [0.25, 0.3) is 11.0 Å². The van der Waals surface area contributed by atoms with Crippen LogP contribution in [0.2, 0.25) is 0 Å². The molecular formula is C12H10N2O7. The number of fused-ring (bicyclic) bond motifs is 1. The maximum atomic E-state index is 12.2. The van der Waals surface area contributed by atoms with Gasteiger partial charge in [0.05, 0.1) is 28.6 Å². The Bertz CT molecular complexity index is 809. The molecule has 0 radical (unpaired) electrons. The quantitative estimate of drug-likeness (QED) is 0.625. The normalized spacial score (nSPS) is 10.6. The first-order valence-electron chi connectivity index (χ1n) is 5.89. The number of hydrogen-bond acceptors (Lipinski definition) is 7. The number of benzene rings is 1. The second-order valence-corrected chi connectivity index (χ2v) is 4.10. The summed E-state index contributed by atoms with van der Waals surface area (Å²) in [5, 5.41) is 21.6. The number of non-ortho nitro benzene ring substituents is 1. The number of hydrogen-bond donors (Lipinski definition) is 0. The maximum Gasteiger partial charge on any atom is 0.354 e. The Morgan fingerprint density at radius 2 is 1.90 bits per heavy atom. The van der Waals surface area contributed by atoms with E-state index in [1.165, 1.54) is 6.92 Å². The van der Waals surface area contributed by atoms with Crippen LogP contribution in [-0.4, -0.2) is 16.5 Å². The highest BCUT2D eigenvalue weighted by molar-refractivity contribution is 5.87. The average molecular weight is 294 g/mol. The fourth-order valence-electron chi connectivity index (χ4n) is 1.96. The molecule has 0 saturated carbocycles. The van der Waals surface area contributed by atoms with Crippen LogP contribution in [0.1, 0.15) is 12.7 Å². The van der Waals surface area contributed by atoms with Crippen molar-refractivity contribution in [1.29, 1.82) is 0 Å². The van der Waals surface area contributed by atoms with Gasteiger partial charge in [0.2, 0.25) is 0 Å². The van der Waals surface area contributed by atoms with Crippen molar-refractivity contribution < 1.29 is 19.0 Å². The van der Waals surface area contributed by atoms with Crippen molar-refractivity contribution in [3.63, 3.8) is 0 Å². The molecule has 2 rings (SSSR count). The van der Waals surface area contributed by atoms with Crippen molar-refractivity contribution in [2.75, 3.05) is 6.61 Å². The minimum absolute atomic E-state index is 0.112. The SMILES string of the molecule is CCOc1cc([N+](=O)[O-])cc2oc(C)c([N+](=O)[O-])c(=O)c12. The Morgan fingerprint density at radius 1 is 1.24 bits per heavy atom. The standard InChI is InChI=1S/C12H10N2O7/c1-3-20-8-4-7(13(16)17)5-9-10(8)12(15)11(14(18)19)6(2)21-9/h4-5H,3H2,1-2H3. The minimum atomic E-state index is -0.892. The summed E-state index contributed by atoms with van der Waals surface area (Å²) < 4.78 is 10.4. The second-order valence-electron chi connectivity index (χ2n) is 4.10. The molecule has 9 heteroatoms. The number of rotatable bonds is 4. The highest BCUT2D eigenvalue weighted by Gasteiger charge is 2.26. The van der Waals surface area contributed by atoms with Gasteiger partial charge in [-0.15, -0.1) is 0 Å². The predicted octanol–water partition coefficient (Wildman–Crippen LogP) is 2.32. The Hall–Kier alpha value is -2.97. The third-order valence-electron chi connectivity index (χ3n) is 2.78. The number of nitrogens with zero attached hydrogens (tertiary/aromatic N) is 2. The van der Waals surface area contributed by atoms with E-state index in [-0.39, 0.29) is 34.8 Å². The van der Waals surface area contributed by atoms with Gasteiger partial charge in [0, 0.05) is 6.92 Å². The van der Waals surface area contributed by atoms with E-state index in [0.717, 1.165) is 12.1 Å². The van der Waals surface area contributed by atoms with E-state index in [0.29, 0.717) is 0 Å². The molecule has 0 N–H and O–H groups in total. The first-order chi connectivity index (χ1) is 9.86. The van der Waals surface area contributed by atoms with Gasteiger partial charge < -0.3 is 9.15 Å². The van der Waals surface area contributed by atoms with Crippen LogP contribution in [0, 0.1) is 27.2 Å². The smallest absolute Gasteiger partial charge is 0.354 e. The maximum absolute atomic E-state index is 12.2. The third-order valence-corrected chi connectivity index (χ3v) is 2.78. The predicted molar refractivity (Wildman–Crippen MR) is 71.7 cm³/mol. The molecule has 0 fully saturated rings. The summed E-state index contributed by atoms with van der Waals surface area (Å²) in [4.78, 5) is 32.5. The van der Waals surface area contributed by atoms with E-state index in [1.54, 1.807) is 6.92 Å². The average Bonchev–Trinajstić information content (AvgIpc) is 2.37. The molecule has 0 amide bonds. The van der Waals surface area contributed by atoms with Gasteiger partial charge in [0.15, 0.2) is 5.76 Å². The Labute approximate surface area is 117 Å². The fraction of sp³-hybridized carbons (Fsp3) is 0.250. The number of ether oxygens (including phenoxy) is 1. The first-order valence-corrected chi connectivity index (χ1v) is 5.89. The molecule has 0 spiro atoms. The summed E-state index contributed by atoms with van der Waals surface area (Å²) in [6, 6.07) is 2.08. The monoisotopic (exact) mass is 294 g/mol. The van der Waals surface area contributed by atoms with Crippen LogP contribution in [0.4, 0.5) is 11.4 Å². The molecule has 0 aliphatic heterocycles. The summed E-state index contributed by atoms with van der Waals surface area (Å²) in [6.45, 7) is 3.00. The summed E-state index contributed by atoms with van der Waals surface area (Å²) >= 11 is 0. The van der Waals surface area contributed by atoms with Gasteiger partial charge in [-0.1, -0.05) is 0 Å². The van der Waals surface area contributed by atoms with Gasteiger partial charge in [-0.25, -0.2) is 0 Å². The van der Waals surface area contributed by atoms with Gasteiger partial charge in [-0.05, 0) is 6.92 Å². The van der Waals surface area contributed by atoms with Crippen LogP contribution < -0.4 is 10.2 Å². The number of nitro benzene ring substituents is 1. The summed E-state index contributed by atoms with van der Waals surface area (Å²) in [7, 11) is 0. The van der Waals surface area contributed by atoms with Crippen LogP contribution in [0.3, 0.4) is 0 Å². The second kappa shape index (κ2) is 5.19. The lowest BCUT2D eigenvalue weighted by Gasteiger charge is -2.07. The van der Waals surface area contributed by atoms with Crippen molar-refractivity contribution in [2.45, 2.75) is 13.8 Å². The van der Waals surface area contributed by atoms with Crippen molar-refractivity contribution in [3.8, 4) is 5.75 Å². The number of nitro groups is 2. The van der Waals surface area contributed by atoms with E-state index >= 15 is 0 Å². The molecule has 1 aromatic heterocycles. The molecule has 2 aromatic rings. The lowest BCUT2D eigenvalue weighted by Crippen LogP contribution is -2.12. The zero-order valence-corrected chi connectivity index (χ0v) is 11.1. The molecule has 1 heterocycles. The van der Waals surface area contributed by atoms with E-state index in [2.05, 4.69) is 0 Å². The molecular weight excluding hydrogens is 284 g/mol. The van der Waals surface area contributed by atoms with Crippen molar-refractivity contribution in [2.24, 2.45) is 0 Å². The Balaban J connectivity index is 2.95. The van der Waals surface area contributed by atoms with Gasteiger partial charge >= 0.3 is 5.69 Å². The van der Waals surface area contributed by atoms with Gasteiger partial charge in [-0.3, -0.25) is 25.0 Å². The first kappa shape index (κ1) is 14.4. The third kappa shape index (κ3) is 2.40. The zero-order chi connectivity index (χ0) is 15.7. The molecule has 21 heavy (non-hydrogen) atoms. The molecule has 1 aromatic carbocycles. The largest absolute Gasteiger partial charge is 0.493 e. The Morgan fingerprint density at radius 3 is 2.43 bits per heavy atom. The molecule has 0 bridgehead atoms. The molecule has 0 aliphatic rings. The fourth-order valence-corrected chi connectivity index (χ4v) is 1.96. The van der Waals surface area contributed by atoms with E-state index in [4.69, 9.17) is 9.15 Å².